The maximum absolute atomic E-state index is 3.76. The average Bonchev–Trinajstić information content (AvgIpc) is 2.72. The molecule has 1 saturated heterocycles. The molecule has 0 aromatic heterocycles. The monoisotopic (exact) mass is 302 g/mol. The zero-order valence-corrected chi connectivity index (χ0v) is 13.2. The summed E-state index contributed by atoms with van der Waals surface area (Å²) in [4.78, 5) is 5.20. The first-order valence-corrected chi connectivity index (χ1v) is 8.09. The number of rotatable bonds is 3. The van der Waals surface area contributed by atoms with E-state index in [1.165, 1.54) is 57.2 Å². The van der Waals surface area contributed by atoms with Gasteiger partial charge in [0.05, 0.1) is 0 Å². The molecular weight excluding hydrogens is 276 g/mol. The smallest absolute Gasteiger partial charge is 0.0277 e. The van der Waals surface area contributed by atoms with Gasteiger partial charge >= 0.3 is 0 Å². The molecular formula is C14H27BrN2. The third-order valence-corrected chi connectivity index (χ3v) is 6.09. The van der Waals surface area contributed by atoms with E-state index in [2.05, 4.69) is 46.6 Å². The van der Waals surface area contributed by atoms with Crippen molar-refractivity contribution in [1.82, 2.24) is 9.80 Å². The molecule has 1 saturated carbocycles. The Morgan fingerprint density at radius 3 is 2.29 bits per heavy atom. The van der Waals surface area contributed by atoms with E-state index in [1.807, 2.05) is 0 Å². The molecule has 1 aliphatic heterocycles. The fourth-order valence-electron chi connectivity index (χ4n) is 3.41. The fraction of sp³-hybridized carbons (Fsp3) is 1.00. The number of nitrogens with zero attached hydrogens (tertiary/aromatic N) is 2. The number of likely N-dealkylation sites (N-methyl/N-ethyl adjacent to an activating group) is 1. The molecule has 3 heteroatoms. The Morgan fingerprint density at radius 2 is 1.76 bits per heavy atom. The topological polar surface area (TPSA) is 6.48 Å². The number of piperazine rings is 1. The van der Waals surface area contributed by atoms with Crippen LogP contribution in [0, 0.1) is 5.41 Å². The predicted molar refractivity (Wildman–Crippen MR) is 77.8 cm³/mol. The van der Waals surface area contributed by atoms with Gasteiger partial charge in [0, 0.05) is 37.0 Å². The molecule has 0 spiro atoms. The van der Waals surface area contributed by atoms with Crippen molar-refractivity contribution in [1.29, 1.82) is 0 Å². The van der Waals surface area contributed by atoms with E-state index < -0.39 is 0 Å². The van der Waals surface area contributed by atoms with Gasteiger partial charge in [0.25, 0.3) is 0 Å². The van der Waals surface area contributed by atoms with Crippen LogP contribution in [0.4, 0.5) is 0 Å². The first kappa shape index (κ1) is 13.8. The molecule has 1 heterocycles. The quantitative estimate of drug-likeness (QED) is 0.740. The minimum atomic E-state index is 0.338. The molecule has 0 radical (unpaired) electrons. The standard InChI is InChI=1S/C14H27BrN2/c1-13(2)11-17(9-8-16(13)3)12-14(10-15)6-4-5-7-14/h4-12H2,1-3H3. The molecule has 0 aromatic carbocycles. The van der Waals surface area contributed by atoms with E-state index in [0.29, 0.717) is 11.0 Å². The lowest BCUT2D eigenvalue weighted by molar-refractivity contribution is 0.0208. The van der Waals surface area contributed by atoms with Gasteiger partial charge in [-0.1, -0.05) is 28.8 Å². The van der Waals surface area contributed by atoms with Gasteiger partial charge < -0.3 is 0 Å². The maximum Gasteiger partial charge on any atom is 0.0277 e. The van der Waals surface area contributed by atoms with Crippen molar-refractivity contribution in [3.8, 4) is 0 Å². The lowest BCUT2D eigenvalue weighted by Crippen LogP contribution is -2.59. The Bertz CT molecular complexity index is 259. The molecule has 100 valence electrons. The van der Waals surface area contributed by atoms with E-state index >= 15 is 0 Å². The third kappa shape index (κ3) is 3.05. The van der Waals surface area contributed by atoms with Crippen LogP contribution in [0.5, 0.6) is 0 Å². The molecule has 0 atom stereocenters. The van der Waals surface area contributed by atoms with Gasteiger partial charge in [-0.05, 0) is 39.2 Å². The van der Waals surface area contributed by atoms with Crippen LogP contribution < -0.4 is 0 Å². The highest BCUT2D eigenvalue weighted by atomic mass is 79.9. The minimum absolute atomic E-state index is 0.338. The number of hydrogen-bond acceptors (Lipinski definition) is 2. The molecule has 0 bridgehead atoms. The highest BCUT2D eigenvalue weighted by Crippen LogP contribution is 2.40. The highest BCUT2D eigenvalue weighted by molar-refractivity contribution is 9.09. The normalized spacial score (nSPS) is 29.6. The summed E-state index contributed by atoms with van der Waals surface area (Å²) >= 11 is 3.76. The lowest BCUT2D eigenvalue weighted by atomic mass is 9.87. The molecule has 1 aliphatic carbocycles. The van der Waals surface area contributed by atoms with Gasteiger partial charge in [0.1, 0.15) is 0 Å². The Labute approximate surface area is 115 Å². The first-order valence-electron chi connectivity index (χ1n) is 6.97. The van der Waals surface area contributed by atoms with E-state index in [9.17, 15) is 0 Å². The van der Waals surface area contributed by atoms with Crippen LogP contribution in [0.3, 0.4) is 0 Å². The fourth-order valence-corrected chi connectivity index (χ4v) is 4.15. The van der Waals surface area contributed by atoms with Crippen LogP contribution in [-0.4, -0.2) is 53.9 Å². The van der Waals surface area contributed by atoms with Crippen LogP contribution >= 0.6 is 15.9 Å². The van der Waals surface area contributed by atoms with Crippen molar-refractivity contribution in [3.63, 3.8) is 0 Å². The number of alkyl halides is 1. The predicted octanol–water partition coefficient (Wildman–Crippen LogP) is 2.97. The lowest BCUT2D eigenvalue weighted by Gasteiger charge is -2.47. The van der Waals surface area contributed by atoms with E-state index in [0.717, 1.165) is 0 Å². The van der Waals surface area contributed by atoms with Gasteiger partial charge in [0.2, 0.25) is 0 Å². The average molecular weight is 303 g/mol. The first-order chi connectivity index (χ1) is 7.97. The summed E-state index contributed by atoms with van der Waals surface area (Å²) < 4.78 is 0. The number of halogens is 1. The van der Waals surface area contributed by atoms with Gasteiger partial charge in [0.15, 0.2) is 0 Å². The van der Waals surface area contributed by atoms with Crippen molar-refractivity contribution in [2.24, 2.45) is 5.41 Å². The molecule has 2 fully saturated rings. The van der Waals surface area contributed by atoms with Crippen molar-refractivity contribution in [2.75, 3.05) is 38.6 Å². The second kappa shape index (κ2) is 5.18. The molecule has 2 aliphatic rings. The zero-order chi connectivity index (χ0) is 12.5. The largest absolute Gasteiger partial charge is 0.300 e. The molecule has 2 nitrogen and oxygen atoms in total. The second-order valence-corrected chi connectivity index (χ2v) is 7.35. The Balaban J connectivity index is 1.95. The molecule has 0 amide bonds. The summed E-state index contributed by atoms with van der Waals surface area (Å²) in [5.74, 6) is 0. The van der Waals surface area contributed by atoms with Crippen LogP contribution in [0.15, 0.2) is 0 Å². The molecule has 17 heavy (non-hydrogen) atoms. The maximum atomic E-state index is 3.76. The third-order valence-electron chi connectivity index (χ3n) is 4.90. The van der Waals surface area contributed by atoms with Gasteiger partial charge in [-0.25, -0.2) is 0 Å². The van der Waals surface area contributed by atoms with Crippen LogP contribution in [-0.2, 0) is 0 Å². The van der Waals surface area contributed by atoms with E-state index in [4.69, 9.17) is 0 Å². The van der Waals surface area contributed by atoms with Gasteiger partial charge in [-0.2, -0.15) is 0 Å². The van der Waals surface area contributed by atoms with Crippen LogP contribution in [0.1, 0.15) is 39.5 Å². The van der Waals surface area contributed by atoms with Gasteiger partial charge in [-0.15, -0.1) is 0 Å². The van der Waals surface area contributed by atoms with Crippen molar-refractivity contribution < 1.29 is 0 Å². The second-order valence-electron chi connectivity index (χ2n) is 6.79. The minimum Gasteiger partial charge on any atom is -0.300 e. The summed E-state index contributed by atoms with van der Waals surface area (Å²) in [5.41, 5.74) is 0.913. The van der Waals surface area contributed by atoms with Crippen molar-refractivity contribution in [3.05, 3.63) is 0 Å². The van der Waals surface area contributed by atoms with Crippen LogP contribution in [0.2, 0.25) is 0 Å². The zero-order valence-electron chi connectivity index (χ0n) is 11.6. The van der Waals surface area contributed by atoms with Crippen LogP contribution in [0.25, 0.3) is 0 Å². The molecule has 0 aromatic rings. The summed E-state index contributed by atoms with van der Waals surface area (Å²) in [6, 6.07) is 0. The Morgan fingerprint density at radius 1 is 1.12 bits per heavy atom. The van der Waals surface area contributed by atoms with Crippen molar-refractivity contribution >= 4 is 15.9 Å². The summed E-state index contributed by atoms with van der Waals surface area (Å²) in [5, 5.41) is 1.19. The summed E-state index contributed by atoms with van der Waals surface area (Å²) in [6.07, 6.45) is 5.71. The molecule has 0 N–H and O–H groups in total. The summed E-state index contributed by atoms with van der Waals surface area (Å²) in [7, 11) is 2.26. The number of hydrogen-bond donors (Lipinski definition) is 0. The van der Waals surface area contributed by atoms with E-state index in [1.54, 1.807) is 0 Å². The summed E-state index contributed by atoms with van der Waals surface area (Å²) in [6.45, 7) is 9.72. The SMILES string of the molecule is CN1CCN(CC2(CBr)CCCC2)CC1(C)C. The Hall–Kier alpha value is 0.400. The Kier molecular flexibility index (Phi) is 4.21. The van der Waals surface area contributed by atoms with E-state index in [-0.39, 0.29) is 0 Å². The molecule has 0 unspecified atom stereocenters. The van der Waals surface area contributed by atoms with Crippen molar-refractivity contribution in [2.45, 2.75) is 45.1 Å². The highest BCUT2D eigenvalue weighted by Gasteiger charge is 2.38. The molecule has 2 rings (SSSR count). The van der Waals surface area contributed by atoms with Gasteiger partial charge in [-0.3, -0.25) is 9.80 Å².